The third kappa shape index (κ3) is 3.14. The minimum absolute atomic E-state index is 0.0298. The summed E-state index contributed by atoms with van der Waals surface area (Å²) in [6.45, 7) is 6.67. The van der Waals surface area contributed by atoms with Gasteiger partial charge in [-0.25, -0.2) is 0 Å². The van der Waals surface area contributed by atoms with Gasteiger partial charge in [0.25, 0.3) is 0 Å². The molecule has 2 unspecified atom stereocenters. The molecule has 0 bridgehead atoms. The quantitative estimate of drug-likeness (QED) is 0.880. The Morgan fingerprint density at radius 2 is 2.04 bits per heavy atom. The number of hydrogen-bond donors (Lipinski definition) is 2. The van der Waals surface area contributed by atoms with Gasteiger partial charge in [0.2, 0.25) is 5.91 Å². The van der Waals surface area contributed by atoms with Crippen molar-refractivity contribution < 1.29 is 24.2 Å². The van der Waals surface area contributed by atoms with Crippen LogP contribution in [0.2, 0.25) is 0 Å². The fraction of sp³-hybridized carbons (Fsp3) is 0.474. The van der Waals surface area contributed by atoms with Crippen LogP contribution in [-0.2, 0) is 14.3 Å². The number of nitrogens with one attached hydrogen (secondary N) is 1. The molecule has 134 valence electrons. The minimum Gasteiger partial charge on any atom is -0.487 e. The standard InChI is InChI=1S/C19H23NO5/c1-11(21)20-12-5-8-15-16(9-12)25-18(2,3)19(4,23)17(15)24-14-7-6-13(22)10-14/h5,8-10,17,23H,6-7H2,1-4H3,(H,20,21). The van der Waals surface area contributed by atoms with Crippen molar-refractivity contribution in [2.45, 2.75) is 57.8 Å². The van der Waals surface area contributed by atoms with E-state index < -0.39 is 17.3 Å². The molecule has 6 nitrogen and oxygen atoms in total. The van der Waals surface area contributed by atoms with Crippen molar-refractivity contribution in [2.24, 2.45) is 0 Å². The predicted molar refractivity (Wildman–Crippen MR) is 92.2 cm³/mol. The highest BCUT2D eigenvalue weighted by molar-refractivity contribution is 5.92. The zero-order chi connectivity index (χ0) is 18.4. The summed E-state index contributed by atoms with van der Waals surface area (Å²) >= 11 is 0. The van der Waals surface area contributed by atoms with E-state index in [1.807, 2.05) is 0 Å². The monoisotopic (exact) mass is 345 g/mol. The second kappa shape index (κ2) is 5.88. The van der Waals surface area contributed by atoms with Crippen LogP contribution in [0, 0.1) is 0 Å². The molecular formula is C19H23NO5. The molecule has 0 radical (unpaired) electrons. The molecule has 0 saturated heterocycles. The van der Waals surface area contributed by atoms with Crippen molar-refractivity contribution in [3.63, 3.8) is 0 Å². The van der Waals surface area contributed by atoms with E-state index in [1.54, 1.807) is 39.0 Å². The van der Waals surface area contributed by atoms with Crippen LogP contribution in [0.5, 0.6) is 5.75 Å². The van der Waals surface area contributed by atoms with Gasteiger partial charge in [0.05, 0.1) is 0 Å². The number of ether oxygens (including phenoxy) is 2. The van der Waals surface area contributed by atoms with Crippen molar-refractivity contribution in [1.82, 2.24) is 0 Å². The van der Waals surface area contributed by atoms with Crippen LogP contribution in [0.4, 0.5) is 5.69 Å². The Bertz CT molecular complexity index is 763. The zero-order valence-electron chi connectivity index (χ0n) is 14.9. The summed E-state index contributed by atoms with van der Waals surface area (Å²) < 4.78 is 12.0. The number of hydrogen-bond acceptors (Lipinski definition) is 5. The maximum atomic E-state index is 11.5. The first-order valence-electron chi connectivity index (χ1n) is 8.33. The molecule has 1 aromatic rings. The van der Waals surface area contributed by atoms with Gasteiger partial charge in [-0.15, -0.1) is 0 Å². The summed E-state index contributed by atoms with van der Waals surface area (Å²) in [4.78, 5) is 22.8. The van der Waals surface area contributed by atoms with Gasteiger partial charge in [-0.05, 0) is 32.9 Å². The lowest BCUT2D eigenvalue weighted by molar-refractivity contribution is -0.188. The number of rotatable bonds is 3. The van der Waals surface area contributed by atoms with Crippen LogP contribution in [0.15, 0.2) is 30.0 Å². The fourth-order valence-corrected chi connectivity index (χ4v) is 3.11. The highest BCUT2D eigenvalue weighted by Crippen LogP contribution is 2.49. The zero-order valence-corrected chi connectivity index (χ0v) is 14.9. The molecule has 1 amide bonds. The maximum Gasteiger partial charge on any atom is 0.221 e. The first kappa shape index (κ1) is 17.5. The van der Waals surface area contributed by atoms with Crippen LogP contribution < -0.4 is 10.1 Å². The van der Waals surface area contributed by atoms with Gasteiger partial charge in [-0.3, -0.25) is 9.59 Å². The molecular weight excluding hydrogens is 322 g/mol. The van der Waals surface area contributed by atoms with Gasteiger partial charge in [-0.1, -0.05) is 0 Å². The number of anilines is 1. The lowest BCUT2D eigenvalue weighted by Gasteiger charge is -2.49. The lowest BCUT2D eigenvalue weighted by Crippen LogP contribution is -2.58. The number of carbonyl (C=O) groups is 2. The summed E-state index contributed by atoms with van der Waals surface area (Å²) in [7, 11) is 0. The van der Waals surface area contributed by atoms with E-state index in [2.05, 4.69) is 5.32 Å². The largest absolute Gasteiger partial charge is 0.487 e. The number of allylic oxidation sites excluding steroid dienone is 2. The van der Waals surface area contributed by atoms with E-state index in [1.165, 1.54) is 13.0 Å². The van der Waals surface area contributed by atoms with Gasteiger partial charge in [0.1, 0.15) is 22.7 Å². The number of carbonyl (C=O) groups excluding carboxylic acids is 2. The molecule has 0 aromatic heterocycles. The Labute approximate surface area is 146 Å². The SMILES string of the molecule is CC(=O)Nc1ccc2c(c1)OC(C)(C)C(C)(O)C2OC1=CC(=O)CC1. The molecule has 3 rings (SSSR count). The molecule has 2 atom stereocenters. The van der Waals surface area contributed by atoms with Crippen LogP contribution >= 0.6 is 0 Å². The first-order valence-corrected chi connectivity index (χ1v) is 8.33. The third-order valence-electron chi connectivity index (χ3n) is 4.92. The Morgan fingerprint density at radius 3 is 2.64 bits per heavy atom. The average molecular weight is 345 g/mol. The molecule has 1 heterocycles. The molecule has 25 heavy (non-hydrogen) atoms. The van der Waals surface area contributed by atoms with E-state index in [9.17, 15) is 14.7 Å². The molecule has 1 aliphatic heterocycles. The number of aliphatic hydroxyl groups is 1. The highest BCUT2D eigenvalue weighted by Gasteiger charge is 2.54. The predicted octanol–water partition coefficient (Wildman–Crippen LogP) is 2.87. The lowest BCUT2D eigenvalue weighted by atomic mass is 9.77. The summed E-state index contributed by atoms with van der Waals surface area (Å²) in [6.07, 6.45) is 1.77. The summed E-state index contributed by atoms with van der Waals surface area (Å²) in [6, 6.07) is 5.23. The van der Waals surface area contributed by atoms with Crippen LogP contribution in [-0.4, -0.2) is 28.0 Å². The maximum absolute atomic E-state index is 11.5. The Hall–Kier alpha value is -2.34. The normalized spacial score (nSPS) is 27.2. The molecule has 1 aliphatic carbocycles. The van der Waals surface area contributed by atoms with Gasteiger partial charge < -0.3 is 19.9 Å². The topological polar surface area (TPSA) is 84.9 Å². The molecule has 0 saturated carbocycles. The third-order valence-corrected chi connectivity index (χ3v) is 4.92. The molecule has 0 spiro atoms. The molecule has 1 aromatic carbocycles. The molecule has 2 N–H and O–H groups in total. The van der Waals surface area contributed by atoms with Crippen molar-refractivity contribution in [1.29, 1.82) is 0 Å². The first-order chi connectivity index (χ1) is 11.6. The minimum atomic E-state index is -1.32. The van der Waals surface area contributed by atoms with Crippen molar-refractivity contribution in [2.75, 3.05) is 5.32 Å². The Morgan fingerprint density at radius 1 is 1.32 bits per heavy atom. The van der Waals surface area contributed by atoms with Gasteiger partial charge >= 0.3 is 0 Å². The molecule has 2 aliphatic rings. The molecule has 6 heteroatoms. The van der Waals surface area contributed by atoms with Crippen LogP contribution in [0.25, 0.3) is 0 Å². The smallest absolute Gasteiger partial charge is 0.221 e. The van der Waals surface area contributed by atoms with Crippen molar-refractivity contribution in [3.8, 4) is 5.75 Å². The van der Waals surface area contributed by atoms with Gasteiger partial charge in [0, 0.05) is 43.2 Å². The number of fused-ring (bicyclic) bond motifs is 1. The van der Waals surface area contributed by atoms with E-state index in [4.69, 9.17) is 9.47 Å². The average Bonchev–Trinajstić information content (AvgIpc) is 2.88. The summed E-state index contributed by atoms with van der Waals surface area (Å²) in [5, 5.41) is 13.8. The van der Waals surface area contributed by atoms with Gasteiger partial charge in [0.15, 0.2) is 11.9 Å². The Kier molecular flexibility index (Phi) is 4.11. The Balaban J connectivity index is 2.02. The summed E-state index contributed by atoms with van der Waals surface area (Å²) in [5.41, 5.74) is -0.957. The second-order valence-electron chi connectivity index (χ2n) is 7.27. The van der Waals surface area contributed by atoms with Crippen molar-refractivity contribution >= 4 is 17.4 Å². The highest BCUT2D eigenvalue weighted by atomic mass is 16.6. The summed E-state index contributed by atoms with van der Waals surface area (Å²) in [5.74, 6) is 0.967. The van der Waals surface area contributed by atoms with E-state index in [-0.39, 0.29) is 11.7 Å². The number of amides is 1. The van der Waals surface area contributed by atoms with E-state index >= 15 is 0 Å². The van der Waals surface area contributed by atoms with Crippen LogP contribution in [0.1, 0.15) is 52.2 Å². The number of ketones is 1. The van der Waals surface area contributed by atoms with E-state index in [0.717, 1.165) is 0 Å². The molecule has 0 fully saturated rings. The number of benzene rings is 1. The fourth-order valence-electron chi connectivity index (χ4n) is 3.11. The van der Waals surface area contributed by atoms with Crippen molar-refractivity contribution in [3.05, 3.63) is 35.6 Å². The van der Waals surface area contributed by atoms with E-state index in [0.29, 0.717) is 35.6 Å². The van der Waals surface area contributed by atoms with Gasteiger partial charge in [-0.2, -0.15) is 0 Å². The van der Waals surface area contributed by atoms with Crippen LogP contribution in [0.3, 0.4) is 0 Å². The second-order valence-corrected chi connectivity index (χ2v) is 7.27.